The molecular weight excluding hydrogens is 318 g/mol. The minimum absolute atomic E-state index is 0. The van der Waals surface area contributed by atoms with E-state index in [0.717, 1.165) is 19.3 Å². The maximum absolute atomic E-state index is 6.20. The van der Waals surface area contributed by atoms with Crippen LogP contribution < -0.4 is 5.73 Å². The van der Waals surface area contributed by atoms with E-state index in [1.807, 2.05) is 0 Å². The Morgan fingerprint density at radius 2 is 1.95 bits per heavy atom. The highest BCUT2D eigenvalue weighted by atomic mass is 35.5. The van der Waals surface area contributed by atoms with Gasteiger partial charge in [-0.15, -0.1) is 24.2 Å². The molecule has 22 heavy (non-hydrogen) atoms. The van der Waals surface area contributed by atoms with E-state index < -0.39 is 0 Å². The highest BCUT2D eigenvalue weighted by molar-refractivity contribution is 7.98. The monoisotopic (exact) mass is 339 g/mol. The van der Waals surface area contributed by atoms with Gasteiger partial charge in [0.15, 0.2) is 5.82 Å². The Balaban J connectivity index is 0.00000176. The van der Waals surface area contributed by atoms with Crippen LogP contribution in [0.3, 0.4) is 0 Å². The third kappa shape index (κ3) is 3.65. The van der Waals surface area contributed by atoms with E-state index in [-0.39, 0.29) is 17.9 Å². The molecule has 0 spiro atoms. The summed E-state index contributed by atoms with van der Waals surface area (Å²) in [5, 5.41) is 4.04. The van der Waals surface area contributed by atoms with Crippen molar-refractivity contribution in [1.82, 2.24) is 10.1 Å². The molecule has 1 aromatic heterocycles. The van der Waals surface area contributed by atoms with E-state index in [1.54, 1.807) is 11.8 Å². The first-order chi connectivity index (χ1) is 10.1. The summed E-state index contributed by atoms with van der Waals surface area (Å²) >= 11 is 1.71. The number of nitrogens with two attached hydrogens (primary N) is 1. The second-order valence-electron chi connectivity index (χ2n) is 6.03. The Morgan fingerprint density at radius 3 is 2.50 bits per heavy atom. The standard InChI is InChI=1S/C16H21N3OS.ClH/c1-11(2)12-4-6-13(7-5-12)21-10-14-18-15(19-20-14)16(17)8-3-9-16;/h4-7,11H,3,8-10,17H2,1-2H3;1H. The lowest BCUT2D eigenvalue weighted by Gasteiger charge is -2.34. The highest BCUT2D eigenvalue weighted by Gasteiger charge is 2.38. The number of hydrogen-bond acceptors (Lipinski definition) is 5. The summed E-state index contributed by atoms with van der Waals surface area (Å²) in [6.07, 6.45) is 3.06. The molecule has 1 aliphatic carbocycles. The van der Waals surface area contributed by atoms with Crippen LogP contribution in [-0.4, -0.2) is 10.1 Å². The topological polar surface area (TPSA) is 64.9 Å². The van der Waals surface area contributed by atoms with Crippen LogP contribution >= 0.6 is 24.2 Å². The number of rotatable bonds is 5. The van der Waals surface area contributed by atoms with E-state index in [1.165, 1.54) is 10.5 Å². The smallest absolute Gasteiger partial charge is 0.237 e. The molecule has 0 aliphatic heterocycles. The van der Waals surface area contributed by atoms with Crippen molar-refractivity contribution in [2.24, 2.45) is 5.73 Å². The van der Waals surface area contributed by atoms with E-state index in [2.05, 4.69) is 48.3 Å². The van der Waals surface area contributed by atoms with Gasteiger partial charge in [0.25, 0.3) is 0 Å². The normalized spacial score (nSPS) is 16.2. The van der Waals surface area contributed by atoms with Crippen molar-refractivity contribution in [3.63, 3.8) is 0 Å². The summed E-state index contributed by atoms with van der Waals surface area (Å²) in [6.45, 7) is 4.40. The van der Waals surface area contributed by atoms with Crippen LogP contribution in [0.1, 0.15) is 56.3 Å². The SMILES string of the molecule is CC(C)c1ccc(SCc2nc(C3(N)CCC3)no2)cc1.Cl. The number of nitrogens with zero attached hydrogens (tertiary/aromatic N) is 2. The third-order valence-corrected chi connectivity index (χ3v) is 5.07. The number of aromatic nitrogens is 2. The molecule has 4 nitrogen and oxygen atoms in total. The Kier molecular flexibility index (Phi) is 5.53. The number of benzene rings is 1. The van der Waals surface area contributed by atoms with Crippen LogP contribution in [0.25, 0.3) is 0 Å². The zero-order valence-corrected chi connectivity index (χ0v) is 14.5. The second-order valence-corrected chi connectivity index (χ2v) is 7.08. The van der Waals surface area contributed by atoms with Crippen molar-refractivity contribution in [3.05, 3.63) is 41.5 Å². The highest BCUT2D eigenvalue weighted by Crippen LogP contribution is 2.37. The fourth-order valence-corrected chi connectivity index (χ4v) is 3.13. The van der Waals surface area contributed by atoms with Gasteiger partial charge in [0.2, 0.25) is 5.89 Å². The van der Waals surface area contributed by atoms with Gasteiger partial charge in [0.05, 0.1) is 11.3 Å². The first-order valence-corrected chi connectivity index (χ1v) is 8.40. The van der Waals surface area contributed by atoms with Crippen molar-refractivity contribution < 1.29 is 4.52 Å². The van der Waals surface area contributed by atoms with Gasteiger partial charge in [-0.05, 0) is 42.9 Å². The van der Waals surface area contributed by atoms with Crippen molar-refractivity contribution >= 4 is 24.2 Å². The molecule has 1 heterocycles. The Hall–Kier alpha value is -1.04. The zero-order chi connectivity index (χ0) is 14.9. The van der Waals surface area contributed by atoms with Crippen LogP contribution in [0, 0.1) is 0 Å². The average molecular weight is 340 g/mol. The predicted octanol–water partition coefficient (Wildman–Crippen LogP) is 4.25. The van der Waals surface area contributed by atoms with E-state index in [0.29, 0.717) is 23.4 Å². The molecule has 1 saturated carbocycles. The summed E-state index contributed by atoms with van der Waals surface area (Å²) in [7, 11) is 0. The van der Waals surface area contributed by atoms with Crippen LogP contribution in [-0.2, 0) is 11.3 Å². The summed E-state index contributed by atoms with van der Waals surface area (Å²) in [6, 6.07) is 8.65. The molecule has 3 rings (SSSR count). The molecule has 2 aromatic rings. The minimum Gasteiger partial charge on any atom is -0.338 e. The van der Waals surface area contributed by atoms with Crippen LogP contribution in [0.4, 0.5) is 0 Å². The number of thioether (sulfide) groups is 1. The van der Waals surface area contributed by atoms with Gasteiger partial charge in [0.1, 0.15) is 0 Å². The summed E-state index contributed by atoms with van der Waals surface area (Å²) in [5.41, 5.74) is 7.21. The molecule has 0 unspecified atom stereocenters. The average Bonchev–Trinajstić information content (AvgIpc) is 2.92. The lowest BCUT2D eigenvalue weighted by molar-refractivity contribution is 0.229. The van der Waals surface area contributed by atoms with Gasteiger partial charge in [-0.25, -0.2) is 0 Å². The van der Waals surface area contributed by atoms with Gasteiger partial charge < -0.3 is 10.3 Å². The van der Waals surface area contributed by atoms with Crippen molar-refractivity contribution in [1.29, 1.82) is 0 Å². The minimum atomic E-state index is -0.342. The second kappa shape index (κ2) is 7.02. The van der Waals surface area contributed by atoms with Crippen molar-refractivity contribution in [3.8, 4) is 0 Å². The Morgan fingerprint density at radius 1 is 1.27 bits per heavy atom. The van der Waals surface area contributed by atoms with E-state index >= 15 is 0 Å². The fraction of sp³-hybridized carbons (Fsp3) is 0.500. The fourth-order valence-electron chi connectivity index (χ4n) is 2.39. The number of hydrogen-bond donors (Lipinski definition) is 1. The largest absolute Gasteiger partial charge is 0.338 e. The molecule has 0 radical (unpaired) electrons. The van der Waals surface area contributed by atoms with Gasteiger partial charge in [-0.2, -0.15) is 4.98 Å². The van der Waals surface area contributed by atoms with Gasteiger partial charge >= 0.3 is 0 Å². The predicted molar refractivity (Wildman–Crippen MR) is 91.4 cm³/mol. The molecule has 1 aromatic carbocycles. The van der Waals surface area contributed by atoms with E-state index in [4.69, 9.17) is 10.3 Å². The molecule has 0 bridgehead atoms. The summed E-state index contributed by atoms with van der Waals surface area (Å²) in [5.74, 6) is 2.56. The summed E-state index contributed by atoms with van der Waals surface area (Å²) in [4.78, 5) is 5.65. The first-order valence-electron chi connectivity index (χ1n) is 7.41. The molecule has 0 saturated heterocycles. The third-order valence-electron chi connectivity index (χ3n) is 4.07. The molecule has 1 fully saturated rings. The maximum atomic E-state index is 6.20. The van der Waals surface area contributed by atoms with Gasteiger partial charge in [-0.1, -0.05) is 31.1 Å². The zero-order valence-electron chi connectivity index (χ0n) is 12.9. The molecular formula is C16H22ClN3OS. The maximum Gasteiger partial charge on any atom is 0.237 e. The quantitative estimate of drug-likeness (QED) is 0.825. The first kappa shape index (κ1) is 17.3. The van der Waals surface area contributed by atoms with Crippen molar-refractivity contribution in [2.75, 3.05) is 0 Å². The van der Waals surface area contributed by atoms with Gasteiger partial charge in [0, 0.05) is 4.90 Å². The molecule has 0 atom stereocenters. The van der Waals surface area contributed by atoms with Crippen LogP contribution in [0.2, 0.25) is 0 Å². The molecule has 0 amide bonds. The molecule has 120 valence electrons. The van der Waals surface area contributed by atoms with Crippen molar-refractivity contribution in [2.45, 2.75) is 55.2 Å². The Labute approximate surface area is 141 Å². The van der Waals surface area contributed by atoms with E-state index in [9.17, 15) is 0 Å². The van der Waals surface area contributed by atoms with Crippen LogP contribution in [0.15, 0.2) is 33.7 Å². The molecule has 6 heteroatoms. The molecule has 1 aliphatic rings. The van der Waals surface area contributed by atoms with Crippen LogP contribution in [0.5, 0.6) is 0 Å². The number of halogens is 1. The lowest BCUT2D eigenvalue weighted by atomic mass is 9.77. The van der Waals surface area contributed by atoms with Gasteiger partial charge in [-0.3, -0.25) is 0 Å². The Bertz CT molecular complexity index is 608. The summed E-state index contributed by atoms with van der Waals surface area (Å²) < 4.78 is 5.31. The lowest BCUT2D eigenvalue weighted by Crippen LogP contribution is -2.44. The molecule has 2 N–H and O–H groups in total.